The molecule has 0 bridgehead atoms. The molecule has 3 rings (SSSR count). The summed E-state index contributed by atoms with van der Waals surface area (Å²) < 4.78 is 10.6. The number of carboxylic acid groups (broad SMARTS) is 1. The lowest BCUT2D eigenvalue weighted by atomic mass is 10.1. The summed E-state index contributed by atoms with van der Waals surface area (Å²) in [6, 6.07) is 15.3. The van der Waals surface area contributed by atoms with Crippen molar-refractivity contribution >= 4 is 16.9 Å². The number of hydrogen-bond donors (Lipinski definition) is 1. The summed E-state index contributed by atoms with van der Waals surface area (Å²) in [5.41, 5.74) is 0.331. The Bertz CT molecular complexity index is 880. The Labute approximate surface area is 125 Å². The lowest BCUT2D eigenvalue weighted by Crippen LogP contribution is -2.03. The Morgan fingerprint density at radius 1 is 1.09 bits per heavy atom. The summed E-state index contributed by atoms with van der Waals surface area (Å²) in [5.74, 6) is -0.771. The van der Waals surface area contributed by atoms with Crippen molar-refractivity contribution < 1.29 is 19.1 Å². The van der Waals surface area contributed by atoms with Crippen molar-refractivity contribution in [3.63, 3.8) is 0 Å². The molecule has 0 aliphatic heterocycles. The minimum absolute atomic E-state index is 0.0482. The first-order valence-electron chi connectivity index (χ1n) is 6.61. The number of ether oxygens (including phenoxy) is 1. The maximum Gasteiger partial charge on any atom is 0.339 e. The van der Waals surface area contributed by atoms with E-state index in [-0.39, 0.29) is 11.1 Å². The molecule has 0 fully saturated rings. The van der Waals surface area contributed by atoms with Gasteiger partial charge in [0.25, 0.3) is 0 Å². The molecule has 2 aromatic carbocycles. The van der Waals surface area contributed by atoms with E-state index in [1.165, 1.54) is 18.2 Å². The lowest BCUT2D eigenvalue weighted by Gasteiger charge is -2.09. The van der Waals surface area contributed by atoms with Crippen molar-refractivity contribution in [1.82, 2.24) is 0 Å². The molecule has 5 nitrogen and oxygen atoms in total. The summed E-state index contributed by atoms with van der Waals surface area (Å²) in [7, 11) is 0. The lowest BCUT2D eigenvalue weighted by molar-refractivity contribution is 0.0697. The van der Waals surface area contributed by atoms with Crippen LogP contribution in [0.2, 0.25) is 0 Å². The van der Waals surface area contributed by atoms with Crippen molar-refractivity contribution in [3.05, 3.63) is 76.1 Å². The van der Waals surface area contributed by atoms with Gasteiger partial charge in [0.2, 0.25) is 0 Å². The topological polar surface area (TPSA) is 76.7 Å². The Morgan fingerprint density at radius 3 is 2.59 bits per heavy atom. The molecule has 0 spiro atoms. The number of carbonyl (C=O) groups is 1. The number of benzene rings is 2. The zero-order valence-electron chi connectivity index (χ0n) is 11.5. The minimum atomic E-state index is -1.18. The third-order valence-electron chi connectivity index (χ3n) is 3.17. The van der Waals surface area contributed by atoms with Crippen molar-refractivity contribution in [2.45, 2.75) is 6.61 Å². The fourth-order valence-corrected chi connectivity index (χ4v) is 2.14. The second-order valence-electron chi connectivity index (χ2n) is 4.72. The quantitative estimate of drug-likeness (QED) is 0.749. The molecule has 22 heavy (non-hydrogen) atoms. The van der Waals surface area contributed by atoms with Gasteiger partial charge in [-0.2, -0.15) is 0 Å². The number of aromatic carboxylic acids is 1. The molecule has 0 amide bonds. The van der Waals surface area contributed by atoms with Crippen LogP contribution in [0.4, 0.5) is 0 Å². The molecule has 0 atom stereocenters. The predicted molar refractivity (Wildman–Crippen MR) is 80.2 cm³/mol. The number of rotatable bonds is 4. The molecule has 1 heterocycles. The molecule has 0 radical (unpaired) electrons. The van der Waals surface area contributed by atoms with Crippen LogP contribution < -0.4 is 10.4 Å². The average molecular weight is 296 g/mol. The zero-order valence-corrected chi connectivity index (χ0v) is 11.5. The van der Waals surface area contributed by atoms with Gasteiger partial charge in [-0.15, -0.1) is 0 Å². The van der Waals surface area contributed by atoms with E-state index >= 15 is 0 Å². The van der Waals surface area contributed by atoms with Crippen molar-refractivity contribution in [2.24, 2.45) is 0 Å². The van der Waals surface area contributed by atoms with Crippen molar-refractivity contribution in [2.75, 3.05) is 0 Å². The summed E-state index contributed by atoms with van der Waals surface area (Å²) >= 11 is 0. The van der Waals surface area contributed by atoms with Gasteiger partial charge in [-0.1, -0.05) is 30.3 Å². The van der Waals surface area contributed by atoms with Crippen LogP contribution in [-0.4, -0.2) is 11.1 Å². The van der Waals surface area contributed by atoms with Crippen LogP contribution in [0.1, 0.15) is 15.9 Å². The second kappa shape index (κ2) is 5.73. The highest BCUT2D eigenvalue weighted by Gasteiger charge is 2.14. The van der Waals surface area contributed by atoms with E-state index in [0.717, 1.165) is 5.56 Å². The highest BCUT2D eigenvalue weighted by molar-refractivity contribution is 6.01. The first-order valence-corrected chi connectivity index (χ1v) is 6.61. The van der Waals surface area contributed by atoms with Gasteiger partial charge in [0.15, 0.2) is 5.58 Å². The van der Waals surface area contributed by atoms with Gasteiger partial charge in [0.1, 0.15) is 17.9 Å². The first kappa shape index (κ1) is 13.9. The van der Waals surface area contributed by atoms with Crippen LogP contribution in [-0.2, 0) is 6.61 Å². The van der Waals surface area contributed by atoms with E-state index in [0.29, 0.717) is 17.7 Å². The largest absolute Gasteiger partial charge is 0.489 e. The van der Waals surface area contributed by atoms with Gasteiger partial charge in [-0.3, -0.25) is 0 Å². The molecule has 1 N–H and O–H groups in total. The molecule has 110 valence electrons. The highest BCUT2D eigenvalue weighted by atomic mass is 16.5. The average Bonchev–Trinajstić information content (AvgIpc) is 2.53. The first-order chi connectivity index (χ1) is 10.6. The Morgan fingerprint density at radius 2 is 1.86 bits per heavy atom. The SMILES string of the molecule is O=C(O)c1cc(OCc2ccccc2)cc2ccc(=O)oc12. The second-order valence-corrected chi connectivity index (χ2v) is 4.72. The molecule has 0 aliphatic carbocycles. The summed E-state index contributed by atoms with van der Waals surface area (Å²) in [4.78, 5) is 22.6. The van der Waals surface area contributed by atoms with Crippen LogP contribution >= 0.6 is 0 Å². The molecular weight excluding hydrogens is 284 g/mol. The van der Waals surface area contributed by atoms with E-state index in [1.54, 1.807) is 6.07 Å². The van der Waals surface area contributed by atoms with Crippen LogP contribution in [0.5, 0.6) is 5.75 Å². The van der Waals surface area contributed by atoms with E-state index in [9.17, 15) is 14.7 Å². The molecule has 0 saturated heterocycles. The standard InChI is InChI=1S/C17H12O5/c18-15-7-6-12-8-13(9-14(17(19)20)16(12)22-15)21-10-11-4-2-1-3-5-11/h1-9H,10H2,(H,19,20). The maximum atomic E-state index is 11.3. The fraction of sp³-hybridized carbons (Fsp3) is 0.0588. The van der Waals surface area contributed by atoms with Gasteiger partial charge in [-0.05, 0) is 23.8 Å². The Hall–Kier alpha value is -3.08. The molecule has 5 heteroatoms. The van der Waals surface area contributed by atoms with Crippen molar-refractivity contribution in [3.8, 4) is 5.75 Å². The molecule has 3 aromatic rings. The van der Waals surface area contributed by atoms with E-state index < -0.39 is 11.6 Å². The van der Waals surface area contributed by atoms with Crippen LogP contribution in [0.15, 0.2) is 63.8 Å². The van der Waals surface area contributed by atoms with Gasteiger partial charge in [-0.25, -0.2) is 9.59 Å². The zero-order chi connectivity index (χ0) is 15.5. The Kier molecular flexibility index (Phi) is 3.62. The maximum absolute atomic E-state index is 11.3. The number of hydrogen-bond acceptors (Lipinski definition) is 4. The number of fused-ring (bicyclic) bond motifs is 1. The number of carboxylic acids is 1. The van der Waals surface area contributed by atoms with Gasteiger partial charge in [0.05, 0.1) is 0 Å². The van der Waals surface area contributed by atoms with Gasteiger partial charge < -0.3 is 14.3 Å². The molecule has 0 aliphatic rings. The van der Waals surface area contributed by atoms with Crippen molar-refractivity contribution in [1.29, 1.82) is 0 Å². The highest BCUT2D eigenvalue weighted by Crippen LogP contribution is 2.25. The third kappa shape index (κ3) is 2.83. The minimum Gasteiger partial charge on any atom is -0.489 e. The van der Waals surface area contributed by atoms with E-state index in [4.69, 9.17) is 9.15 Å². The van der Waals surface area contributed by atoms with Gasteiger partial charge >= 0.3 is 11.6 Å². The van der Waals surface area contributed by atoms with E-state index in [1.807, 2.05) is 30.3 Å². The third-order valence-corrected chi connectivity index (χ3v) is 3.17. The summed E-state index contributed by atoms with van der Waals surface area (Å²) in [5, 5.41) is 9.77. The monoisotopic (exact) mass is 296 g/mol. The van der Waals surface area contributed by atoms with Crippen LogP contribution in [0.25, 0.3) is 11.0 Å². The molecule has 1 aromatic heterocycles. The van der Waals surface area contributed by atoms with Gasteiger partial charge in [0, 0.05) is 11.5 Å². The smallest absolute Gasteiger partial charge is 0.339 e. The normalized spacial score (nSPS) is 10.5. The summed E-state index contributed by atoms with van der Waals surface area (Å²) in [6.07, 6.45) is 0. The molecular formula is C17H12O5. The summed E-state index contributed by atoms with van der Waals surface area (Å²) in [6.45, 7) is 0.322. The van der Waals surface area contributed by atoms with Crippen LogP contribution in [0, 0.1) is 0 Å². The molecule has 0 unspecified atom stereocenters. The molecule has 0 saturated carbocycles. The fourth-order valence-electron chi connectivity index (χ4n) is 2.14. The van der Waals surface area contributed by atoms with E-state index in [2.05, 4.69) is 0 Å². The van der Waals surface area contributed by atoms with Crippen LogP contribution in [0.3, 0.4) is 0 Å². The predicted octanol–water partition coefficient (Wildman–Crippen LogP) is 3.07. The Balaban J connectivity index is 1.98.